The number of amides is 1. The smallest absolute Gasteiger partial charge is 0.290 e. The molecule has 0 saturated carbocycles. The average molecular weight is 212 g/mol. The number of carbonyl (C=O) groups is 1. The first-order chi connectivity index (χ1) is 6.99. The molecule has 0 aliphatic carbocycles. The average Bonchev–Trinajstić information content (AvgIpc) is 2.49. The summed E-state index contributed by atoms with van der Waals surface area (Å²) >= 11 is 0. The molecule has 1 amide bonds. The van der Waals surface area contributed by atoms with E-state index in [9.17, 15) is 4.79 Å². The number of aromatic nitrogens is 1. The number of hydrogen-bond donors (Lipinski definition) is 2. The zero-order valence-electron chi connectivity index (χ0n) is 9.15. The molecule has 0 saturated heterocycles. The summed E-state index contributed by atoms with van der Waals surface area (Å²) in [4.78, 5) is 11.5. The van der Waals surface area contributed by atoms with Crippen molar-refractivity contribution < 1.29 is 14.4 Å². The van der Waals surface area contributed by atoms with Crippen molar-refractivity contribution in [3.8, 4) is 0 Å². The van der Waals surface area contributed by atoms with Gasteiger partial charge in [-0.05, 0) is 27.2 Å². The van der Waals surface area contributed by atoms with Gasteiger partial charge in [-0.1, -0.05) is 5.16 Å². The van der Waals surface area contributed by atoms with Crippen molar-refractivity contribution in [3.63, 3.8) is 0 Å². The third kappa shape index (κ3) is 3.71. The summed E-state index contributed by atoms with van der Waals surface area (Å²) in [5, 5.41) is 15.5. The number of carbonyl (C=O) groups excluding carboxylic acids is 1. The Morgan fingerprint density at radius 1 is 1.67 bits per heavy atom. The lowest BCUT2D eigenvalue weighted by molar-refractivity contribution is 0.0886. The van der Waals surface area contributed by atoms with Gasteiger partial charge in [0, 0.05) is 12.1 Å². The van der Waals surface area contributed by atoms with Crippen LogP contribution in [0.15, 0.2) is 10.6 Å². The standard InChI is InChI=1S/C10H16N2O3/c1-6(4-8(3)13)11-10(14)9-5-7(2)12-15-9/h5-6,8,13H,4H2,1-3H3,(H,11,14). The van der Waals surface area contributed by atoms with Gasteiger partial charge in [-0.15, -0.1) is 0 Å². The summed E-state index contributed by atoms with van der Waals surface area (Å²) in [5.41, 5.74) is 0.670. The summed E-state index contributed by atoms with van der Waals surface area (Å²) in [7, 11) is 0. The molecule has 0 aliphatic rings. The largest absolute Gasteiger partial charge is 0.393 e. The Bertz CT molecular complexity index is 333. The minimum Gasteiger partial charge on any atom is -0.393 e. The van der Waals surface area contributed by atoms with Crippen LogP contribution in [0.5, 0.6) is 0 Å². The second-order valence-corrected chi connectivity index (χ2v) is 3.79. The predicted octanol–water partition coefficient (Wildman–Crippen LogP) is 0.872. The minimum atomic E-state index is -0.434. The molecule has 1 heterocycles. The molecule has 0 radical (unpaired) electrons. The number of nitrogens with one attached hydrogen (secondary N) is 1. The number of aliphatic hydroxyl groups is 1. The Balaban J connectivity index is 2.49. The Kier molecular flexibility index (Phi) is 3.85. The minimum absolute atomic E-state index is 0.0945. The van der Waals surface area contributed by atoms with Crippen LogP contribution in [-0.4, -0.2) is 28.3 Å². The molecule has 15 heavy (non-hydrogen) atoms. The first-order valence-electron chi connectivity index (χ1n) is 4.91. The van der Waals surface area contributed by atoms with E-state index >= 15 is 0 Å². The van der Waals surface area contributed by atoms with E-state index in [4.69, 9.17) is 9.63 Å². The Hall–Kier alpha value is -1.36. The highest BCUT2D eigenvalue weighted by Gasteiger charge is 2.15. The Labute approximate surface area is 88.5 Å². The van der Waals surface area contributed by atoms with Gasteiger partial charge in [0.2, 0.25) is 5.76 Å². The van der Waals surface area contributed by atoms with Gasteiger partial charge in [-0.3, -0.25) is 4.79 Å². The van der Waals surface area contributed by atoms with Gasteiger partial charge in [0.25, 0.3) is 5.91 Å². The van der Waals surface area contributed by atoms with Gasteiger partial charge in [-0.2, -0.15) is 0 Å². The second-order valence-electron chi connectivity index (χ2n) is 3.79. The number of aryl methyl sites for hydroxylation is 1. The maximum Gasteiger partial charge on any atom is 0.290 e. The maximum atomic E-state index is 11.5. The normalized spacial score (nSPS) is 14.7. The molecule has 0 fully saturated rings. The zero-order valence-corrected chi connectivity index (χ0v) is 9.15. The van der Waals surface area contributed by atoms with Crippen LogP contribution in [0.4, 0.5) is 0 Å². The predicted molar refractivity (Wildman–Crippen MR) is 54.5 cm³/mol. The monoisotopic (exact) mass is 212 g/mol. The molecule has 84 valence electrons. The van der Waals surface area contributed by atoms with Crippen LogP contribution >= 0.6 is 0 Å². The van der Waals surface area contributed by atoms with E-state index in [2.05, 4.69) is 10.5 Å². The Morgan fingerprint density at radius 3 is 2.80 bits per heavy atom. The van der Waals surface area contributed by atoms with Crippen LogP contribution < -0.4 is 5.32 Å². The van der Waals surface area contributed by atoms with Crippen molar-refractivity contribution in [1.82, 2.24) is 10.5 Å². The van der Waals surface area contributed by atoms with Crippen molar-refractivity contribution in [2.45, 2.75) is 39.3 Å². The molecule has 2 unspecified atom stereocenters. The first kappa shape index (κ1) is 11.7. The van der Waals surface area contributed by atoms with E-state index in [1.807, 2.05) is 6.92 Å². The lowest BCUT2D eigenvalue weighted by atomic mass is 10.1. The van der Waals surface area contributed by atoms with Gasteiger partial charge < -0.3 is 14.9 Å². The summed E-state index contributed by atoms with van der Waals surface area (Å²) < 4.78 is 4.81. The number of rotatable bonds is 4. The van der Waals surface area contributed by atoms with Gasteiger partial charge in [0.15, 0.2) is 0 Å². The van der Waals surface area contributed by atoms with E-state index in [0.717, 1.165) is 0 Å². The fourth-order valence-electron chi connectivity index (χ4n) is 1.34. The van der Waals surface area contributed by atoms with Gasteiger partial charge in [0.05, 0.1) is 11.8 Å². The fraction of sp³-hybridized carbons (Fsp3) is 0.600. The van der Waals surface area contributed by atoms with Gasteiger partial charge in [-0.25, -0.2) is 0 Å². The van der Waals surface area contributed by atoms with Crippen LogP contribution in [0.25, 0.3) is 0 Å². The SMILES string of the molecule is Cc1cc(C(=O)NC(C)CC(C)O)on1. The fourth-order valence-corrected chi connectivity index (χ4v) is 1.34. The van der Waals surface area contributed by atoms with E-state index < -0.39 is 6.10 Å². The molecular weight excluding hydrogens is 196 g/mol. The quantitative estimate of drug-likeness (QED) is 0.776. The van der Waals surface area contributed by atoms with Gasteiger partial charge in [0.1, 0.15) is 0 Å². The van der Waals surface area contributed by atoms with E-state index in [-0.39, 0.29) is 17.7 Å². The highest BCUT2D eigenvalue weighted by molar-refractivity contribution is 5.91. The topological polar surface area (TPSA) is 75.4 Å². The third-order valence-corrected chi connectivity index (χ3v) is 1.92. The Morgan fingerprint density at radius 2 is 2.33 bits per heavy atom. The van der Waals surface area contributed by atoms with Crippen LogP contribution in [-0.2, 0) is 0 Å². The lowest BCUT2D eigenvalue weighted by Gasteiger charge is -2.13. The van der Waals surface area contributed by atoms with Crippen LogP contribution in [0.2, 0.25) is 0 Å². The molecule has 1 aromatic rings. The number of aliphatic hydroxyl groups excluding tert-OH is 1. The molecule has 1 rings (SSSR count). The van der Waals surface area contributed by atoms with Gasteiger partial charge >= 0.3 is 0 Å². The van der Waals surface area contributed by atoms with Crippen molar-refractivity contribution in [1.29, 1.82) is 0 Å². The summed E-state index contributed by atoms with van der Waals surface area (Å²) in [6, 6.07) is 1.48. The van der Waals surface area contributed by atoms with Crippen LogP contribution in [0.1, 0.15) is 36.5 Å². The summed E-state index contributed by atoms with van der Waals surface area (Å²) in [5.74, 6) is -0.103. The van der Waals surface area contributed by atoms with Crippen molar-refractivity contribution in [2.24, 2.45) is 0 Å². The maximum absolute atomic E-state index is 11.5. The molecule has 5 heteroatoms. The zero-order chi connectivity index (χ0) is 11.4. The molecule has 0 aromatic carbocycles. The molecule has 1 aromatic heterocycles. The van der Waals surface area contributed by atoms with E-state index in [1.165, 1.54) is 0 Å². The highest BCUT2D eigenvalue weighted by Crippen LogP contribution is 2.03. The number of hydrogen-bond acceptors (Lipinski definition) is 4. The van der Waals surface area contributed by atoms with Crippen molar-refractivity contribution in [2.75, 3.05) is 0 Å². The van der Waals surface area contributed by atoms with E-state index in [0.29, 0.717) is 12.1 Å². The number of nitrogens with zero attached hydrogens (tertiary/aromatic N) is 1. The molecule has 5 nitrogen and oxygen atoms in total. The van der Waals surface area contributed by atoms with Crippen molar-refractivity contribution in [3.05, 3.63) is 17.5 Å². The molecule has 2 N–H and O–H groups in total. The molecule has 0 spiro atoms. The molecular formula is C10H16N2O3. The highest BCUT2D eigenvalue weighted by atomic mass is 16.5. The summed E-state index contributed by atoms with van der Waals surface area (Å²) in [6.45, 7) is 5.26. The first-order valence-corrected chi connectivity index (χ1v) is 4.91. The van der Waals surface area contributed by atoms with E-state index in [1.54, 1.807) is 19.9 Å². The molecule has 0 bridgehead atoms. The van der Waals surface area contributed by atoms with Crippen LogP contribution in [0, 0.1) is 6.92 Å². The summed E-state index contributed by atoms with van der Waals surface area (Å²) in [6.07, 6.45) is 0.0792. The molecule has 0 aliphatic heterocycles. The molecule has 2 atom stereocenters. The lowest BCUT2D eigenvalue weighted by Crippen LogP contribution is -2.34. The van der Waals surface area contributed by atoms with Crippen molar-refractivity contribution >= 4 is 5.91 Å². The third-order valence-electron chi connectivity index (χ3n) is 1.92. The van der Waals surface area contributed by atoms with Crippen LogP contribution in [0.3, 0.4) is 0 Å². The second kappa shape index (κ2) is 4.93.